The summed E-state index contributed by atoms with van der Waals surface area (Å²) in [6.07, 6.45) is -1.82. The highest BCUT2D eigenvalue weighted by molar-refractivity contribution is 6.01. The zero-order chi connectivity index (χ0) is 22.5. The van der Waals surface area contributed by atoms with Crippen molar-refractivity contribution in [2.75, 3.05) is 24.7 Å². The van der Waals surface area contributed by atoms with Crippen LogP contribution >= 0.6 is 0 Å². The van der Waals surface area contributed by atoms with Crippen molar-refractivity contribution in [2.24, 2.45) is 0 Å². The van der Waals surface area contributed by atoms with Gasteiger partial charge in [0.1, 0.15) is 11.4 Å². The lowest BCUT2D eigenvalue weighted by atomic mass is 10.1. The van der Waals surface area contributed by atoms with Gasteiger partial charge in [-0.2, -0.15) is 0 Å². The van der Waals surface area contributed by atoms with E-state index in [4.69, 9.17) is 14.2 Å². The van der Waals surface area contributed by atoms with Crippen LogP contribution in [-0.2, 0) is 23.8 Å². The Morgan fingerprint density at radius 1 is 1.33 bits per heavy atom. The molecule has 30 heavy (non-hydrogen) atoms. The third-order valence-electron chi connectivity index (χ3n) is 4.22. The van der Waals surface area contributed by atoms with Crippen LogP contribution in [0.1, 0.15) is 50.9 Å². The van der Waals surface area contributed by atoms with E-state index < -0.39 is 41.5 Å². The first-order chi connectivity index (χ1) is 14.0. The van der Waals surface area contributed by atoms with Gasteiger partial charge in [0.15, 0.2) is 12.2 Å². The first-order valence-corrected chi connectivity index (χ1v) is 9.85. The van der Waals surface area contributed by atoms with Gasteiger partial charge in [-0.15, -0.1) is 0 Å². The van der Waals surface area contributed by atoms with Crippen LogP contribution in [0.2, 0.25) is 0 Å². The van der Waals surface area contributed by atoms with Gasteiger partial charge in [-0.25, -0.2) is 14.0 Å². The summed E-state index contributed by atoms with van der Waals surface area (Å²) < 4.78 is 29.6. The number of rotatable bonds is 7. The SMILES string of the molecule is CCCCOC(=O)c1cc(F)cc(N2CCO[C@H]([C@@H](O)C(=O)OC(C)(C)C)C2=O)c1. The molecule has 1 N–H and O–H groups in total. The zero-order valence-corrected chi connectivity index (χ0v) is 17.6. The van der Waals surface area contributed by atoms with Gasteiger partial charge >= 0.3 is 11.9 Å². The average molecular weight is 425 g/mol. The molecule has 1 fully saturated rings. The minimum atomic E-state index is -1.84. The van der Waals surface area contributed by atoms with Crippen LogP contribution in [0.3, 0.4) is 0 Å². The molecule has 8 nitrogen and oxygen atoms in total. The Balaban J connectivity index is 2.20. The lowest BCUT2D eigenvalue weighted by Gasteiger charge is -2.34. The maximum Gasteiger partial charge on any atom is 0.338 e. The van der Waals surface area contributed by atoms with E-state index in [0.717, 1.165) is 23.5 Å². The number of hydrogen-bond acceptors (Lipinski definition) is 7. The van der Waals surface area contributed by atoms with E-state index >= 15 is 0 Å². The summed E-state index contributed by atoms with van der Waals surface area (Å²) in [7, 11) is 0. The molecular formula is C21H28FNO7. The van der Waals surface area contributed by atoms with Gasteiger partial charge in [-0.05, 0) is 45.4 Å². The number of halogens is 1. The second kappa shape index (κ2) is 9.99. The second-order valence-electron chi connectivity index (χ2n) is 7.95. The molecule has 0 spiro atoms. The minimum absolute atomic E-state index is 0.00303. The predicted octanol–water partition coefficient (Wildman–Crippen LogP) is 2.22. The lowest BCUT2D eigenvalue weighted by molar-refractivity contribution is -0.177. The minimum Gasteiger partial charge on any atom is -0.462 e. The van der Waals surface area contributed by atoms with Gasteiger partial charge in [-0.3, -0.25) is 4.79 Å². The molecule has 1 heterocycles. The first kappa shape index (κ1) is 23.8. The van der Waals surface area contributed by atoms with Crippen LogP contribution < -0.4 is 4.90 Å². The summed E-state index contributed by atoms with van der Waals surface area (Å²) in [6.45, 7) is 7.10. The summed E-state index contributed by atoms with van der Waals surface area (Å²) in [5.41, 5.74) is -0.790. The fourth-order valence-electron chi connectivity index (χ4n) is 2.81. The second-order valence-corrected chi connectivity index (χ2v) is 7.95. The molecule has 0 unspecified atom stereocenters. The van der Waals surface area contributed by atoms with Crippen molar-refractivity contribution in [2.45, 2.75) is 58.3 Å². The number of hydrogen-bond donors (Lipinski definition) is 1. The smallest absolute Gasteiger partial charge is 0.338 e. The van der Waals surface area contributed by atoms with Gasteiger partial charge in [0.2, 0.25) is 0 Å². The number of carbonyl (C=O) groups excluding carboxylic acids is 3. The van der Waals surface area contributed by atoms with Crippen molar-refractivity contribution in [1.82, 2.24) is 0 Å². The molecule has 1 aliphatic heterocycles. The van der Waals surface area contributed by atoms with Crippen molar-refractivity contribution in [3.8, 4) is 0 Å². The molecule has 0 saturated carbocycles. The molecule has 1 aliphatic rings. The Labute approximate surface area is 174 Å². The third-order valence-corrected chi connectivity index (χ3v) is 4.22. The van der Waals surface area contributed by atoms with Crippen molar-refractivity contribution in [3.05, 3.63) is 29.6 Å². The van der Waals surface area contributed by atoms with Crippen molar-refractivity contribution < 1.29 is 38.1 Å². The number of unbranched alkanes of at least 4 members (excludes halogenated alkanes) is 1. The van der Waals surface area contributed by atoms with E-state index in [0.29, 0.717) is 6.42 Å². The molecule has 2 rings (SSSR count). The Hall–Kier alpha value is -2.52. The van der Waals surface area contributed by atoms with Crippen molar-refractivity contribution >= 4 is 23.5 Å². The van der Waals surface area contributed by atoms with Crippen molar-refractivity contribution in [1.29, 1.82) is 0 Å². The normalized spacial score (nSPS) is 18.1. The van der Waals surface area contributed by atoms with Gasteiger partial charge in [-0.1, -0.05) is 13.3 Å². The summed E-state index contributed by atoms with van der Waals surface area (Å²) >= 11 is 0. The molecule has 166 valence electrons. The van der Waals surface area contributed by atoms with Crippen LogP contribution in [0.25, 0.3) is 0 Å². The fourth-order valence-corrected chi connectivity index (χ4v) is 2.81. The van der Waals surface area contributed by atoms with Gasteiger partial charge in [0.05, 0.1) is 18.8 Å². The quantitative estimate of drug-likeness (QED) is 0.528. The maximum absolute atomic E-state index is 14.1. The highest BCUT2D eigenvalue weighted by atomic mass is 19.1. The van der Waals surface area contributed by atoms with Gasteiger partial charge < -0.3 is 24.2 Å². The molecule has 1 saturated heterocycles. The summed E-state index contributed by atoms with van der Waals surface area (Å²) in [5.74, 6) is -3.16. The number of morpholine rings is 1. The maximum atomic E-state index is 14.1. The van der Waals surface area contributed by atoms with E-state index in [1.54, 1.807) is 20.8 Å². The van der Waals surface area contributed by atoms with E-state index in [2.05, 4.69) is 0 Å². The Bertz CT molecular complexity index is 790. The van der Waals surface area contributed by atoms with Gasteiger partial charge in [0.25, 0.3) is 5.91 Å². The monoisotopic (exact) mass is 425 g/mol. The number of esters is 2. The number of nitrogens with zero attached hydrogens (tertiary/aromatic N) is 1. The Kier molecular flexibility index (Phi) is 7.91. The van der Waals surface area contributed by atoms with E-state index in [1.807, 2.05) is 6.92 Å². The number of aliphatic hydroxyl groups excluding tert-OH is 1. The van der Waals surface area contributed by atoms with Crippen LogP contribution in [0, 0.1) is 5.82 Å². The molecule has 0 aromatic heterocycles. The largest absolute Gasteiger partial charge is 0.462 e. The molecule has 1 aromatic rings. The van der Waals surface area contributed by atoms with Crippen LogP contribution in [0.4, 0.5) is 10.1 Å². The van der Waals surface area contributed by atoms with E-state index in [1.165, 1.54) is 6.07 Å². The van der Waals surface area contributed by atoms with E-state index in [9.17, 15) is 23.9 Å². The summed E-state index contributed by atoms with van der Waals surface area (Å²) in [6, 6.07) is 3.44. The third kappa shape index (κ3) is 6.24. The summed E-state index contributed by atoms with van der Waals surface area (Å²) in [5, 5.41) is 10.3. The Morgan fingerprint density at radius 2 is 2.03 bits per heavy atom. The number of benzene rings is 1. The molecule has 1 amide bonds. The summed E-state index contributed by atoms with van der Waals surface area (Å²) in [4.78, 5) is 38.3. The molecule has 2 atom stereocenters. The van der Waals surface area contributed by atoms with Gasteiger partial charge in [0, 0.05) is 12.2 Å². The number of aliphatic hydroxyl groups is 1. The lowest BCUT2D eigenvalue weighted by Crippen LogP contribution is -2.55. The first-order valence-electron chi connectivity index (χ1n) is 9.85. The molecule has 0 aliphatic carbocycles. The molecular weight excluding hydrogens is 397 g/mol. The molecule has 1 aromatic carbocycles. The fraction of sp³-hybridized carbons (Fsp3) is 0.571. The van der Waals surface area contributed by atoms with Crippen LogP contribution in [0.5, 0.6) is 0 Å². The molecule has 0 radical (unpaired) electrons. The predicted molar refractivity (Wildman–Crippen MR) is 106 cm³/mol. The topological polar surface area (TPSA) is 102 Å². The number of ether oxygens (including phenoxy) is 3. The molecule has 9 heteroatoms. The van der Waals surface area contributed by atoms with E-state index in [-0.39, 0.29) is 31.0 Å². The zero-order valence-electron chi connectivity index (χ0n) is 17.6. The van der Waals surface area contributed by atoms with Crippen molar-refractivity contribution in [3.63, 3.8) is 0 Å². The number of anilines is 1. The highest BCUT2D eigenvalue weighted by Crippen LogP contribution is 2.24. The standard InChI is InChI=1S/C21H28FNO7/c1-5-6-8-29-19(26)13-10-14(22)12-15(11-13)23-7-9-28-17(18(23)25)16(24)20(27)30-21(2,3)4/h10-12,16-17,24H,5-9H2,1-4H3/t16-,17-/m1/s1. The number of carbonyl (C=O) groups is 3. The highest BCUT2D eigenvalue weighted by Gasteiger charge is 2.41. The number of amides is 1. The Morgan fingerprint density at radius 3 is 2.67 bits per heavy atom. The van der Waals surface area contributed by atoms with Crippen LogP contribution in [-0.4, -0.2) is 60.5 Å². The van der Waals surface area contributed by atoms with Crippen LogP contribution in [0.15, 0.2) is 18.2 Å². The molecule has 0 bridgehead atoms. The average Bonchev–Trinajstić information content (AvgIpc) is 2.66.